The van der Waals surface area contributed by atoms with Crippen LogP contribution >= 0.6 is 11.6 Å². The Morgan fingerprint density at radius 2 is 2.17 bits per heavy atom. The number of carbonyl (C=O) groups is 1. The van der Waals surface area contributed by atoms with E-state index in [2.05, 4.69) is 10.6 Å². The summed E-state index contributed by atoms with van der Waals surface area (Å²) in [6.07, 6.45) is 0.342. The van der Waals surface area contributed by atoms with E-state index in [-0.39, 0.29) is 22.5 Å². The average Bonchev–Trinajstić information content (AvgIpc) is 2.57. The molecule has 1 aromatic carbocycles. The first-order valence-corrected chi connectivity index (χ1v) is 8.00. The highest BCUT2D eigenvalue weighted by Gasteiger charge is 2.27. The van der Waals surface area contributed by atoms with E-state index in [1.165, 1.54) is 6.07 Å². The molecule has 0 aromatic heterocycles. The molecular weight excluding hydrogens is 322 g/mol. The number of amides is 1. The monoisotopic (exact) mass is 341 g/mol. The number of hydrogen-bond acceptors (Lipinski definition) is 6. The lowest BCUT2D eigenvalue weighted by atomic mass is 9.95. The number of hydrogen-bond donors (Lipinski definition) is 4. The zero-order valence-electron chi connectivity index (χ0n) is 12.6. The van der Waals surface area contributed by atoms with Crippen LogP contribution in [0.3, 0.4) is 0 Å². The van der Waals surface area contributed by atoms with E-state index in [1.807, 2.05) is 0 Å². The largest absolute Gasteiger partial charge is 0.485 e. The van der Waals surface area contributed by atoms with Gasteiger partial charge in [-0.25, -0.2) is 0 Å². The van der Waals surface area contributed by atoms with Crippen molar-refractivity contribution >= 4 is 23.2 Å². The van der Waals surface area contributed by atoms with Crippen LogP contribution in [-0.2, 0) is 0 Å². The molecule has 23 heavy (non-hydrogen) atoms. The predicted octanol–water partition coefficient (Wildman–Crippen LogP) is 0.394. The van der Waals surface area contributed by atoms with E-state index in [1.54, 1.807) is 0 Å². The van der Waals surface area contributed by atoms with Gasteiger partial charge in [0.25, 0.3) is 5.91 Å². The summed E-state index contributed by atoms with van der Waals surface area (Å²) in [5.74, 6) is 0.336. The van der Waals surface area contributed by atoms with Gasteiger partial charge in [0.05, 0.1) is 17.4 Å². The van der Waals surface area contributed by atoms with Crippen molar-refractivity contribution < 1.29 is 19.4 Å². The van der Waals surface area contributed by atoms with E-state index in [0.717, 1.165) is 13.0 Å². The Balaban J connectivity index is 1.75. The minimum absolute atomic E-state index is 0.0258. The first kappa shape index (κ1) is 16.2. The van der Waals surface area contributed by atoms with E-state index in [4.69, 9.17) is 26.8 Å². The van der Waals surface area contributed by atoms with Crippen LogP contribution in [0.2, 0.25) is 5.02 Å². The molecule has 1 aromatic rings. The number of carbonyl (C=O) groups excluding carboxylic acids is 1. The number of benzene rings is 1. The van der Waals surface area contributed by atoms with Crippen molar-refractivity contribution in [2.24, 2.45) is 5.92 Å². The molecule has 2 aliphatic heterocycles. The lowest BCUT2D eigenvalue weighted by molar-refractivity contribution is 0.0750. The molecule has 1 fully saturated rings. The lowest BCUT2D eigenvalue weighted by Crippen LogP contribution is -2.45. The van der Waals surface area contributed by atoms with Crippen molar-refractivity contribution in [3.63, 3.8) is 0 Å². The molecule has 7 nitrogen and oxygen atoms in total. The summed E-state index contributed by atoms with van der Waals surface area (Å²) in [6, 6.07) is 1.49. The van der Waals surface area contributed by atoms with Gasteiger partial charge >= 0.3 is 0 Å². The van der Waals surface area contributed by atoms with Crippen LogP contribution in [0.25, 0.3) is 0 Å². The van der Waals surface area contributed by atoms with Crippen molar-refractivity contribution in [1.82, 2.24) is 10.6 Å². The molecule has 2 atom stereocenters. The second kappa shape index (κ2) is 6.82. The maximum atomic E-state index is 12.5. The molecule has 0 unspecified atom stereocenters. The van der Waals surface area contributed by atoms with Gasteiger partial charge in [0, 0.05) is 19.0 Å². The van der Waals surface area contributed by atoms with Crippen LogP contribution in [0.5, 0.6) is 11.5 Å². The van der Waals surface area contributed by atoms with Crippen LogP contribution in [-0.4, -0.2) is 50.0 Å². The molecule has 126 valence electrons. The number of nitrogens with two attached hydrogens (primary N) is 1. The third-order valence-electron chi connectivity index (χ3n) is 4.14. The quantitative estimate of drug-likeness (QED) is 0.593. The maximum Gasteiger partial charge on any atom is 0.255 e. The molecule has 8 heteroatoms. The van der Waals surface area contributed by atoms with E-state index in [0.29, 0.717) is 43.4 Å². The number of nitrogen functional groups attached to an aromatic ring is 1. The number of piperidine rings is 1. The SMILES string of the molecule is Nc1cc(C(=O)NC[C@@H]2CCNC[C@H]2O)c2c(c1Cl)OCCO2. The summed E-state index contributed by atoms with van der Waals surface area (Å²) in [6.45, 7) is 2.47. The molecule has 1 saturated heterocycles. The van der Waals surface area contributed by atoms with Gasteiger partial charge in [-0.1, -0.05) is 11.6 Å². The number of rotatable bonds is 3. The van der Waals surface area contributed by atoms with Gasteiger partial charge in [-0.05, 0) is 19.0 Å². The fourth-order valence-corrected chi connectivity index (χ4v) is 3.01. The third-order valence-corrected chi connectivity index (χ3v) is 4.53. The molecular formula is C15H20ClN3O4. The first-order valence-electron chi connectivity index (χ1n) is 7.62. The number of anilines is 1. The fraction of sp³-hybridized carbons (Fsp3) is 0.533. The number of β-amino-alcohol motifs (C(OH)–C–C–N with tert-alkyl or cyclic N) is 1. The maximum absolute atomic E-state index is 12.5. The summed E-state index contributed by atoms with van der Waals surface area (Å²) in [5, 5.41) is 16.1. The van der Waals surface area contributed by atoms with Crippen molar-refractivity contribution in [1.29, 1.82) is 0 Å². The van der Waals surface area contributed by atoms with Gasteiger partial charge in [-0.3, -0.25) is 4.79 Å². The summed E-state index contributed by atoms with van der Waals surface area (Å²) < 4.78 is 11.0. The molecule has 3 rings (SSSR count). The lowest BCUT2D eigenvalue weighted by Gasteiger charge is -2.28. The Kier molecular flexibility index (Phi) is 4.79. The van der Waals surface area contributed by atoms with Gasteiger partial charge < -0.3 is 30.9 Å². The number of fused-ring (bicyclic) bond motifs is 1. The van der Waals surface area contributed by atoms with Crippen LogP contribution in [0.4, 0.5) is 5.69 Å². The number of nitrogens with one attached hydrogen (secondary N) is 2. The average molecular weight is 342 g/mol. The zero-order valence-corrected chi connectivity index (χ0v) is 13.4. The van der Waals surface area contributed by atoms with Crippen molar-refractivity contribution in [2.45, 2.75) is 12.5 Å². The normalized spacial score (nSPS) is 23.4. The zero-order chi connectivity index (χ0) is 16.4. The Morgan fingerprint density at radius 3 is 2.91 bits per heavy atom. The summed E-state index contributed by atoms with van der Waals surface area (Å²) >= 11 is 6.10. The number of halogens is 1. The Labute approximate surface area is 139 Å². The van der Waals surface area contributed by atoms with Gasteiger partial charge in [0.1, 0.15) is 18.2 Å². The van der Waals surface area contributed by atoms with E-state index < -0.39 is 6.10 Å². The molecule has 5 N–H and O–H groups in total. The number of aliphatic hydroxyl groups excluding tert-OH is 1. The first-order chi connectivity index (χ1) is 11.1. The van der Waals surface area contributed by atoms with Gasteiger partial charge in [0.15, 0.2) is 11.5 Å². The molecule has 0 aliphatic carbocycles. The van der Waals surface area contributed by atoms with Crippen LogP contribution in [0, 0.1) is 5.92 Å². The van der Waals surface area contributed by atoms with Crippen molar-refractivity contribution in [2.75, 3.05) is 38.6 Å². The van der Waals surface area contributed by atoms with Crippen LogP contribution in [0.15, 0.2) is 6.07 Å². The van der Waals surface area contributed by atoms with Crippen molar-refractivity contribution in [3.05, 3.63) is 16.7 Å². The van der Waals surface area contributed by atoms with E-state index in [9.17, 15) is 9.90 Å². The third kappa shape index (κ3) is 3.31. The Morgan fingerprint density at radius 1 is 1.43 bits per heavy atom. The minimum Gasteiger partial charge on any atom is -0.485 e. The second-order valence-electron chi connectivity index (χ2n) is 5.71. The number of ether oxygens (including phenoxy) is 2. The molecule has 2 aliphatic rings. The highest BCUT2D eigenvalue weighted by Crippen LogP contribution is 2.43. The second-order valence-corrected chi connectivity index (χ2v) is 6.09. The standard InChI is InChI=1S/C15H20ClN3O4/c16-12-10(17)5-9(13-14(12)23-4-3-22-13)15(21)19-6-8-1-2-18-7-11(8)20/h5,8,11,18,20H,1-4,6-7,17H2,(H,19,21)/t8-,11+/m0/s1. The Hall–Kier alpha value is -1.70. The van der Waals surface area contributed by atoms with Gasteiger partial charge in [-0.2, -0.15) is 0 Å². The molecule has 1 amide bonds. The predicted molar refractivity (Wildman–Crippen MR) is 86.2 cm³/mol. The van der Waals surface area contributed by atoms with E-state index >= 15 is 0 Å². The molecule has 0 spiro atoms. The minimum atomic E-state index is -0.465. The topological polar surface area (TPSA) is 106 Å². The molecule has 0 bridgehead atoms. The van der Waals surface area contributed by atoms with Crippen molar-refractivity contribution in [3.8, 4) is 11.5 Å². The number of aliphatic hydroxyl groups is 1. The van der Waals surface area contributed by atoms with Crippen LogP contribution < -0.4 is 25.8 Å². The van der Waals surface area contributed by atoms with Crippen LogP contribution in [0.1, 0.15) is 16.8 Å². The Bertz CT molecular complexity index is 611. The van der Waals surface area contributed by atoms with Gasteiger partial charge in [0.2, 0.25) is 0 Å². The van der Waals surface area contributed by atoms with Gasteiger partial charge in [-0.15, -0.1) is 0 Å². The molecule has 2 heterocycles. The smallest absolute Gasteiger partial charge is 0.255 e. The molecule has 0 radical (unpaired) electrons. The highest BCUT2D eigenvalue weighted by molar-refractivity contribution is 6.35. The summed E-state index contributed by atoms with van der Waals surface area (Å²) in [4.78, 5) is 12.5. The molecule has 0 saturated carbocycles. The fourth-order valence-electron chi connectivity index (χ4n) is 2.82. The summed E-state index contributed by atoms with van der Waals surface area (Å²) in [7, 11) is 0. The highest BCUT2D eigenvalue weighted by atomic mass is 35.5. The summed E-state index contributed by atoms with van der Waals surface area (Å²) in [5.41, 5.74) is 6.41.